The summed E-state index contributed by atoms with van der Waals surface area (Å²) in [4.78, 5) is 0. The lowest BCUT2D eigenvalue weighted by Crippen LogP contribution is -2.21. The highest BCUT2D eigenvalue weighted by atomic mass is 79.9. The van der Waals surface area contributed by atoms with Crippen molar-refractivity contribution in [2.45, 2.75) is 6.92 Å². The summed E-state index contributed by atoms with van der Waals surface area (Å²) in [6.07, 6.45) is 6.67. The van der Waals surface area contributed by atoms with Crippen LogP contribution in [0.3, 0.4) is 0 Å². The molecule has 1 aromatic rings. The van der Waals surface area contributed by atoms with Gasteiger partial charge in [0.15, 0.2) is 11.5 Å². The zero-order valence-corrected chi connectivity index (χ0v) is 12.6. The lowest BCUT2D eigenvalue weighted by atomic mass is 10.2. The molecular weight excluding hydrogens is 324 g/mol. The molecule has 6 nitrogen and oxygen atoms in total. The molecule has 20 heavy (non-hydrogen) atoms. The molecule has 0 aromatic heterocycles. The highest BCUT2D eigenvalue weighted by molar-refractivity contribution is 9.10. The minimum absolute atomic E-state index is 0.114. The van der Waals surface area contributed by atoms with Crippen molar-refractivity contribution >= 4 is 28.1 Å². The summed E-state index contributed by atoms with van der Waals surface area (Å²) in [6, 6.07) is 3.50. The van der Waals surface area contributed by atoms with E-state index >= 15 is 0 Å². The number of guanidine groups is 1. The number of hydrogen-bond donors (Lipinski definition) is 2. The van der Waals surface area contributed by atoms with E-state index in [0.717, 1.165) is 10.0 Å². The van der Waals surface area contributed by atoms with Crippen LogP contribution in [0.2, 0.25) is 0 Å². The number of terminal acetylenes is 1. The molecule has 0 fully saturated rings. The Kier molecular flexibility index (Phi) is 6.40. The van der Waals surface area contributed by atoms with Gasteiger partial charge in [-0.2, -0.15) is 5.10 Å². The van der Waals surface area contributed by atoms with Crippen LogP contribution in [0.4, 0.5) is 0 Å². The largest absolute Gasteiger partial charge is 0.490 e. The standard InChI is InChI=1S/C13H15BrN4O2/c1-3-5-20-12-7-10(14)9(6-11(12)19-4-2)8-17-18-13(15)16/h1,6-8H,4-5H2,2H3,(H4,15,16,18). The van der Waals surface area contributed by atoms with Crippen molar-refractivity contribution < 1.29 is 9.47 Å². The van der Waals surface area contributed by atoms with Crippen molar-refractivity contribution in [2.24, 2.45) is 21.7 Å². The van der Waals surface area contributed by atoms with E-state index in [1.807, 2.05) is 6.92 Å². The summed E-state index contributed by atoms with van der Waals surface area (Å²) in [6.45, 7) is 2.53. The van der Waals surface area contributed by atoms with Gasteiger partial charge in [-0.25, -0.2) is 0 Å². The number of nitrogens with two attached hydrogens (primary N) is 2. The molecule has 1 rings (SSSR count). The number of nitrogens with zero attached hydrogens (tertiary/aromatic N) is 2. The Morgan fingerprint density at radius 1 is 1.40 bits per heavy atom. The van der Waals surface area contributed by atoms with E-state index in [4.69, 9.17) is 27.4 Å². The van der Waals surface area contributed by atoms with E-state index in [1.54, 1.807) is 12.1 Å². The third-order valence-electron chi connectivity index (χ3n) is 2.04. The zero-order chi connectivity index (χ0) is 15.0. The summed E-state index contributed by atoms with van der Waals surface area (Å²) in [5, 5.41) is 7.28. The van der Waals surface area contributed by atoms with Gasteiger partial charge < -0.3 is 20.9 Å². The van der Waals surface area contributed by atoms with E-state index in [-0.39, 0.29) is 12.6 Å². The normalized spacial score (nSPS) is 10.1. The third-order valence-corrected chi connectivity index (χ3v) is 2.73. The predicted octanol–water partition coefficient (Wildman–Crippen LogP) is 1.47. The summed E-state index contributed by atoms with van der Waals surface area (Å²) in [5.41, 5.74) is 11.1. The molecule has 0 aliphatic carbocycles. The molecule has 0 amide bonds. The molecule has 106 valence electrons. The first-order valence-electron chi connectivity index (χ1n) is 5.73. The van der Waals surface area contributed by atoms with Gasteiger partial charge in [0.1, 0.15) is 6.61 Å². The number of hydrogen-bond acceptors (Lipinski definition) is 4. The number of rotatable bonds is 6. The average molecular weight is 339 g/mol. The second-order valence-electron chi connectivity index (χ2n) is 3.52. The Morgan fingerprint density at radius 3 is 2.70 bits per heavy atom. The molecule has 0 heterocycles. The van der Waals surface area contributed by atoms with Crippen LogP contribution < -0.4 is 20.9 Å². The fraction of sp³-hybridized carbons (Fsp3) is 0.231. The van der Waals surface area contributed by atoms with Gasteiger partial charge >= 0.3 is 0 Å². The minimum Gasteiger partial charge on any atom is -0.490 e. The summed E-state index contributed by atoms with van der Waals surface area (Å²) >= 11 is 3.40. The van der Waals surface area contributed by atoms with Crippen LogP contribution in [0.1, 0.15) is 12.5 Å². The SMILES string of the molecule is C#CCOc1cc(Br)c(C=NN=C(N)N)cc1OCC. The number of ether oxygens (including phenoxy) is 2. The first-order valence-corrected chi connectivity index (χ1v) is 6.52. The van der Waals surface area contributed by atoms with E-state index < -0.39 is 0 Å². The fourth-order valence-electron chi connectivity index (χ4n) is 1.31. The maximum atomic E-state index is 5.50. The molecule has 0 bridgehead atoms. The van der Waals surface area contributed by atoms with E-state index in [0.29, 0.717) is 18.1 Å². The molecule has 0 aliphatic heterocycles. The molecule has 0 unspecified atom stereocenters. The molecule has 7 heteroatoms. The van der Waals surface area contributed by atoms with Gasteiger partial charge in [-0.1, -0.05) is 5.92 Å². The topological polar surface area (TPSA) is 95.2 Å². The Balaban J connectivity index is 3.09. The van der Waals surface area contributed by atoms with Gasteiger partial charge in [0.25, 0.3) is 0 Å². The van der Waals surface area contributed by atoms with Crippen LogP contribution in [0.5, 0.6) is 11.5 Å². The smallest absolute Gasteiger partial charge is 0.211 e. The molecule has 1 aromatic carbocycles. The summed E-state index contributed by atoms with van der Waals surface area (Å²) < 4.78 is 11.7. The van der Waals surface area contributed by atoms with Gasteiger partial charge in [-0.05, 0) is 35.0 Å². The molecule has 0 spiro atoms. The molecule has 0 saturated carbocycles. The van der Waals surface area contributed by atoms with Crippen molar-refractivity contribution in [3.05, 3.63) is 22.2 Å². The summed E-state index contributed by atoms with van der Waals surface area (Å²) in [5.74, 6) is 3.41. The van der Waals surface area contributed by atoms with Gasteiger partial charge in [0.05, 0.1) is 12.8 Å². The lowest BCUT2D eigenvalue weighted by molar-refractivity contribution is 0.299. The molecule has 0 aliphatic rings. The Bertz CT molecular complexity index is 560. The van der Waals surface area contributed by atoms with E-state index in [2.05, 4.69) is 32.1 Å². The van der Waals surface area contributed by atoms with Crippen molar-refractivity contribution in [3.8, 4) is 23.8 Å². The van der Waals surface area contributed by atoms with Crippen LogP contribution in [-0.4, -0.2) is 25.4 Å². The molecule has 0 atom stereocenters. The molecular formula is C13H15BrN4O2. The van der Waals surface area contributed by atoms with E-state index in [9.17, 15) is 0 Å². The minimum atomic E-state index is -0.114. The third kappa shape index (κ3) is 4.82. The lowest BCUT2D eigenvalue weighted by Gasteiger charge is -2.12. The Labute approximate surface area is 126 Å². The molecule has 0 radical (unpaired) electrons. The van der Waals surface area contributed by atoms with Crippen molar-refractivity contribution in [1.29, 1.82) is 0 Å². The maximum Gasteiger partial charge on any atom is 0.211 e. The zero-order valence-electron chi connectivity index (χ0n) is 11.0. The second kappa shape index (κ2) is 8.07. The van der Waals surface area contributed by atoms with Crippen LogP contribution >= 0.6 is 15.9 Å². The number of halogens is 1. The first-order chi connectivity index (χ1) is 9.58. The predicted molar refractivity (Wildman–Crippen MR) is 83.0 cm³/mol. The second-order valence-corrected chi connectivity index (χ2v) is 4.37. The van der Waals surface area contributed by atoms with Crippen LogP contribution in [0.15, 0.2) is 26.8 Å². The van der Waals surface area contributed by atoms with Crippen molar-refractivity contribution in [1.82, 2.24) is 0 Å². The number of benzene rings is 1. The van der Waals surface area contributed by atoms with Crippen LogP contribution in [0.25, 0.3) is 0 Å². The van der Waals surface area contributed by atoms with Gasteiger partial charge in [0.2, 0.25) is 5.96 Å². The highest BCUT2D eigenvalue weighted by Crippen LogP contribution is 2.33. The molecule has 4 N–H and O–H groups in total. The van der Waals surface area contributed by atoms with Gasteiger partial charge in [0, 0.05) is 10.0 Å². The van der Waals surface area contributed by atoms with Gasteiger partial charge in [-0.15, -0.1) is 11.5 Å². The van der Waals surface area contributed by atoms with Crippen molar-refractivity contribution in [3.63, 3.8) is 0 Å². The van der Waals surface area contributed by atoms with Crippen molar-refractivity contribution in [2.75, 3.05) is 13.2 Å². The first kappa shape index (κ1) is 15.9. The fourth-order valence-corrected chi connectivity index (χ4v) is 1.73. The van der Waals surface area contributed by atoms with Crippen LogP contribution in [0, 0.1) is 12.3 Å². The average Bonchev–Trinajstić information content (AvgIpc) is 2.40. The van der Waals surface area contributed by atoms with Crippen LogP contribution in [-0.2, 0) is 0 Å². The van der Waals surface area contributed by atoms with Gasteiger partial charge in [-0.3, -0.25) is 0 Å². The Hall–Kier alpha value is -2.20. The molecule has 0 saturated heterocycles. The summed E-state index contributed by atoms with van der Waals surface area (Å²) in [7, 11) is 0. The maximum absolute atomic E-state index is 5.50. The van der Waals surface area contributed by atoms with E-state index in [1.165, 1.54) is 6.21 Å². The monoisotopic (exact) mass is 338 g/mol. The highest BCUT2D eigenvalue weighted by Gasteiger charge is 2.09. The Morgan fingerprint density at radius 2 is 2.10 bits per heavy atom. The quantitative estimate of drug-likeness (QED) is 0.355.